The van der Waals surface area contributed by atoms with Crippen molar-refractivity contribution in [1.29, 1.82) is 0 Å². The van der Waals surface area contributed by atoms with Crippen molar-refractivity contribution in [2.45, 2.75) is 129 Å². The first-order valence-corrected chi connectivity index (χ1v) is 14.6. The van der Waals surface area contributed by atoms with Crippen LogP contribution in [-0.4, -0.2) is 52.4 Å². The predicted molar refractivity (Wildman–Crippen MR) is 133 cm³/mol. The number of hydrogen-bond donors (Lipinski definition) is 0. The number of carbonyl (C=O) groups excluding carboxylic acids is 2. The minimum atomic E-state index is -0.202. The van der Waals surface area contributed by atoms with Crippen LogP contribution in [0.3, 0.4) is 0 Å². The SMILES string of the molecule is CCCCCCCCCCCCCCCCCC(=O)N1CSC[C@H]1C(=O)N1CCCC1. The summed E-state index contributed by atoms with van der Waals surface area (Å²) in [5, 5.41) is 0. The molecule has 0 aromatic heterocycles. The molecule has 0 aliphatic carbocycles. The summed E-state index contributed by atoms with van der Waals surface area (Å²) in [6.45, 7) is 4.03. The second kappa shape index (κ2) is 16.9. The smallest absolute Gasteiger partial charge is 0.246 e. The minimum Gasteiger partial charge on any atom is -0.341 e. The van der Waals surface area contributed by atoms with Crippen molar-refractivity contribution in [3.63, 3.8) is 0 Å². The summed E-state index contributed by atoms with van der Waals surface area (Å²) in [5.41, 5.74) is 0. The third-order valence-corrected chi connectivity index (χ3v) is 7.91. The summed E-state index contributed by atoms with van der Waals surface area (Å²) < 4.78 is 0. The molecule has 0 bridgehead atoms. The average Bonchev–Trinajstić information content (AvgIpc) is 3.48. The number of likely N-dealkylation sites (tertiary alicyclic amines) is 1. The van der Waals surface area contributed by atoms with Crippen LogP contribution < -0.4 is 0 Å². The number of unbranched alkanes of at least 4 members (excludes halogenated alkanes) is 14. The first kappa shape index (κ1) is 26.5. The van der Waals surface area contributed by atoms with E-state index >= 15 is 0 Å². The number of amides is 2. The molecule has 2 saturated heterocycles. The fourth-order valence-corrected chi connectivity index (χ4v) is 6.00. The van der Waals surface area contributed by atoms with Crippen LogP contribution in [0.1, 0.15) is 122 Å². The summed E-state index contributed by atoms with van der Waals surface area (Å²) in [6.07, 6.45) is 22.9. The van der Waals surface area contributed by atoms with Gasteiger partial charge in [0.25, 0.3) is 0 Å². The lowest BCUT2D eigenvalue weighted by Gasteiger charge is -2.27. The van der Waals surface area contributed by atoms with Crippen LogP contribution in [0.4, 0.5) is 0 Å². The lowest BCUT2D eigenvalue weighted by Crippen LogP contribution is -2.48. The molecule has 2 fully saturated rings. The first-order valence-electron chi connectivity index (χ1n) is 13.4. The molecule has 180 valence electrons. The molecule has 0 aromatic rings. The van der Waals surface area contributed by atoms with Gasteiger partial charge < -0.3 is 9.80 Å². The predicted octanol–water partition coefficient (Wildman–Crippen LogP) is 6.77. The number of carbonyl (C=O) groups is 2. The van der Waals surface area contributed by atoms with Crippen LogP contribution in [0, 0.1) is 0 Å². The van der Waals surface area contributed by atoms with Gasteiger partial charge in [-0.25, -0.2) is 0 Å². The second-order valence-corrected chi connectivity index (χ2v) is 10.6. The normalized spacial score (nSPS) is 18.8. The molecular formula is C26H48N2O2S. The molecule has 2 aliphatic rings. The van der Waals surface area contributed by atoms with Gasteiger partial charge in [-0.05, 0) is 19.3 Å². The highest BCUT2D eigenvalue weighted by Crippen LogP contribution is 2.25. The van der Waals surface area contributed by atoms with Gasteiger partial charge in [0.15, 0.2) is 0 Å². The molecule has 0 aromatic carbocycles. The van der Waals surface area contributed by atoms with Crippen molar-refractivity contribution >= 4 is 23.6 Å². The molecule has 2 aliphatic heterocycles. The van der Waals surface area contributed by atoms with E-state index in [9.17, 15) is 9.59 Å². The van der Waals surface area contributed by atoms with Crippen LogP contribution in [0.15, 0.2) is 0 Å². The van der Waals surface area contributed by atoms with Crippen molar-refractivity contribution < 1.29 is 9.59 Å². The highest BCUT2D eigenvalue weighted by molar-refractivity contribution is 7.99. The first-order chi connectivity index (χ1) is 15.2. The maximum atomic E-state index is 12.7. The highest BCUT2D eigenvalue weighted by atomic mass is 32.2. The van der Waals surface area contributed by atoms with E-state index in [0.717, 1.165) is 44.5 Å². The molecular weight excluding hydrogens is 404 g/mol. The fraction of sp³-hybridized carbons (Fsp3) is 0.923. The van der Waals surface area contributed by atoms with Gasteiger partial charge in [-0.2, -0.15) is 0 Å². The molecule has 1 atom stereocenters. The maximum absolute atomic E-state index is 12.7. The Balaban J connectivity index is 1.41. The van der Waals surface area contributed by atoms with Crippen molar-refractivity contribution in [2.24, 2.45) is 0 Å². The molecule has 0 spiro atoms. The molecule has 4 nitrogen and oxygen atoms in total. The summed E-state index contributed by atoms with van der Waals surface area (Å²) >= 11 is 1.73. The molecule has 2 rings (SSSR count). The van der Waals surface area contributed by atoms with Crippen LogP contribution in [-0.2, 0) is 9.59 Å². The monoisotopic (exact) mass is 452 g/mol. The van der Waals surface area contributed by atoms with Gasteiger partial charge >= 0.3 is 0 Å². The van der Waals surface area contributed by atoms with Gasteiger partial charge in [-0.15, -0.1) is 11.8 Å². The van der Waals surface area contributed by atoms with E-state index in [2.05, 4.69) is 6.92 Å². The minimum absolute atomic E-state index is 0.187. The molecule has 2 heterocycles. The zero-order valence-corrected chi connectivity index (χ0v) is 21.1. The van der Waals surface area contributed by atoms with Crippen LogP contribution in [0.25, 0.3) is 0 Å². The van der Waals surface area contributed by atoms with Crippen molar-refractivity contribution in [1.82, 2.24) is 9.80 Å². The largest absolute Gasteiger partial charge is 0.341 e. The zero-order valence-electron chi connectivity index (χ0n) is 20.3. The van der Waals surface area contributed by atoms with E-state index in [1.807, 2.05) is 9.80 Å². The molecule has 0 saturated carbocycles. The quantitative estimate of drug-likeness (QED) is 0.229. The Kier molecular flexibility index (Phi) is 14.4. The number of thioether (sulfide) groups is 1. The Morgan fingerprint density at radius 3 is 1.74 bits per heavy atom. The third kappa shape index (κ3) is 10.6. The van der Waals surface area contributed by atoms with Crippen molar-refractivity contribution in [2.75, 3.05) is 24.7 Å². The van der Waals surface area contributed by atoms with Crippen molar-refractivity contribution in [3.05, 3.63) is 0 Å². The van der Waals surface area contributed by atoms with E-state index in [4.69, 9.17) is 0 Å². The average molecular weight is 453 g/mol. The number of rotatable bonds is 17. The van der Waals surface area contributed by atoms with E-state index in [1.165, 1.54) is 83.5 Å². The number of nitrogens with zero attached hydrogens (tertiary/aromatic N) is 2. The Morgan fingerprint density at radius 1 is 0.742 bits per heavy atom. The Bertz CT molecular complexity index is 494. The second-order valence-electron chi connectivity index (χ2n) is 9.61. The summed E-state index contributed by atoms with van der Waals surface area (Å²) in [5.74, 6) is 1.85. The summed E-state index contributed by atoms with van der Waals surface area (Å²) in [6, 6.07) is -0.202. The third-order valence-electron chi connectivity index (χ3n) is 6.90. The van der Waals surface area contributed by atoms with Gasteiger partial charge in [0.05, 0.1) is 5.88 Å². The van der Waals surface area contributed by atoms with E-state index in [0.29, 0.717) is 12.3 Å². The van der Waals surface area contributed by atoms with Crippen LogP contribution >= 0.6 is 11.8 Å². The maximum Gasteiger partial charge on any atom is 0.246 e. The van der Waals surface area contributed by atoms with Gasteiger partial charge in [-0.1, -0.05) is 96.8 Å². The molecule has 0 N–H and O–H groups in total. The Labute approximate surface area is 196 Å². The van der Waals surface area contributed by atoms with E-state index < -0.39 is 0 Å². The zero-order chi connectivity index (χ0) is 22.2. The Morgan fingerprint density at radius 2 is 1.23 bits per heavy atom. The van der Waals surface area contributed by atoms with E-state index in [1.54, 1.807) is 11.8 Å². The lowest BCUT2D eigenvalue weighted by atomic mass is 10.0. The topological polar surface area (TPSA) is 40.6 Å². The van der Waals surface area contributed by atoms with Crippen LogP contribution in [0.5, 0.6) is 0 Å². The molecule has 0 radical (unpaired) electrons. The molecule has 31 heavy (non-hydrogen) atoms. The lowest BCUT2D eigenvalue weighted by molar-refractivity contribution is -0.142. The van der Waals surface area contributed by atoms with Gasteiger partial charge in [0.2, 0.25) is 11.8 Å². The van der Waals surface area contributed by atoms with E-state index in [-0.39, 0.29) is 17.9 Å². The molecule has 5 heteroatoms. The van der Waals surface area contributed by atoms with Gasteiger partial charge in [0, 0.05) is 25.3 Å². The molecule has 2 amide bonds. The fourth-order valence-electron chi connectivity index (χ4n) is 4.83. The summed E-state index contributed by atoms with van der Waals surface area (Å²) in [4.78, 5) is 29.2. The standard InChI is InChI=1S/C26H48N2O2S/c1-2-3-4-5-6-7-8-9-10-11-12-13-14-15-16-19-25(29)28-23-31-22-24(28)26(30)27-20-17-18-21-27/h24H,2-23H2,1H3/t24-/m0/s1. The molecule has 0 unspecified atom stereocenters. The summed E-state index contributed by atoms with van der Waals surface area (Å²) in [7, 11) is 0. The van der Waals surface area contributed by atoms with Gasteiger partial charge in [0.1, 0.15) is 6.04 Å². The van der Waals surface area contributed by atoms with Gasteiger partial charge in [-0.3, -0.25) is 9.59 Å². The Hall–Kier alpha value is -0.710. The number of hydrogen-bond acceptors (Lipinski definition) is 3. The highest BCUT2D eigenvalue weighted by Gasteiger charge is 2.37. The van der Waals surface area contributed by atoms with Crippen LogP contribution in [0.2, 0.25) is 0 Å². The van der Waals surface area contributed by atoms with Crippen molar-refractivity contribution in [3.8, 4) is 0 Å².